The molecule has 166 valence electrons. The average molecular weight is 425 g/mol. The van der Waals surface area contributed by atoms with Crippen molar-refractivity contribution in [2.75, 3.05) is 57.2 Å². The summed E-state index contributed by atoms with van der Waals surface area (Å²) in [6.45, 7) is 5.31. The molecule has 0 aliphatic carbocycles. The fourth-order valence-electron chi connectivity index (χ4n) is 3.62. The maximum atomic E-state index is 12.5. The van der Waals surface area contributed by atoms with Gasteiger partial charge in [0.25, 0.3) is 0 Å². The Morgan fingerprint density at radius 1 is 1.00 bits per heavy atom. The van der Waals surface area contributed by atoms with Crippen LogP contribution < -0.4 is 15.5 Å². The highest BCUT2D eigenvalue weighted by atomic mass is 16.5. The minimum absolute atomic E-state index is 0.0271. The lowest BCUT2D eigenvalue weighted by Crippen LogP contribution is -2.45. The van der Waals surface area contributed by atoms with Gasteiger partial charge in [-0.2, -0.15) is 0 Å². The van der Waals surface area contributed by atoms with Crippen molar-refractivity contribution in [2.45, 2.75) is 19.4 Å². The largest absolute Gasteiger partial charge is 0.379 e. The van der Waals surface area contributed by atoms with Crippen LogP contribution in [0.4, 0.5) is 11.4 Å². The molecule has 7 nitrogen and oxygen atoms in total. The fraction of sp³-hybridized carbons (Fsp3) is 0.417. The van der Waals surface area contributed by atoms with E-state index in [1.165, 1.54) is 5.56 Å². The number of aryl methyl sites for hydroxylation is 1. The Morgan fingerprint density at radius 3 is 2.23 bits per heavy atom. The molecule has 1 saturated heterocycles. The SMILES string of the molecule is CCc1ccc(NC(=O)C(=O)NC[C@H](c2ccc(N(C)C)cc2)N2CCOCC2)cc1. The van der Waals surface area contributed by atoms with E-state index < -0.39 is 11.8 Å². The lowest BCUT2D eigenvalue weighted by atomic mass is 10.0. The van der Waals surface area contributed by atoms with E-state index in [1.807, 2.05) is 43.3 Å². The van der Waals surface area contributed by atoms with Gasteiger partial charge in [-0.25, -0.2) is 0 Å². The molecule has 7 heteroatoms. The molecule has 1 aliphatic heterocycles. The predicted octanol–water partition coefficient (Wildman–Crippen LogP) is 2.44. The minimum atomic E-state index is -0.659. The number of nitrogens with one attached hydrogen (secondary N) is 2. The summed E-state index contributed by atoms with van der Waals surface area (Å²) in [6.07, 6.45) is 0.924. The molecule has 0 spiro atoms. The number of rotatable bonds is 7. The highest BCUT2D eigenvalue weighted by Gasteiger charge is 2.24. The summed E-state index contributed by atoms with van der Waals surface area (Å²) in [4.78, 5) is 29.1. The Morgan fingerprint density at radius 2 is 1.65 bits per heavy atom. The first-order chi connectivity index (χ1) is 15.0. The molecule has 0 radical (unpaired) electrons. The van der Waals surface area contributed by atoms with Crippen molar-refractivity contribution in [2.24, 2.45) is 0 Å². The fourth-order valence-corrected chi connectivity index (χ4v) is 3.62. The van der Waals surface area contributed by atoms with Crippen LogP contribution in [0, 0.1) is 0 Å². The molecule has 1 aliphatic rings. The number of benzene rings is 2. The number of ether oxygens (including phenoxy) is 1. The molecule has 2 N–H and O–H groups in total. The molecule has 3 rings (SSSR count). The van der Waals surface area contributed by atoms with E-state index in [0.717, 1.165) is 30.8 Å². The standard InChI is InChI=1S/C24H32N4O3/c1-4-18-5-9-20(10-6-18)26-24(30)23(29)25-17-22(28-13-15-31-16-14-28)19-7-11-21(12-8-19)27(2)3/h5-12,22H,4,13-17H2,1-3H3,(H,25,29)(H,26,30)/t22-/m1/s1. The maximum absolute atomic E-state index is 12.5. The van der Waals surface area contributed by atoms with E-state index in [-0.39, 0.29) is 6.04 Å². The van der Waals surface area contributed by atoms with Crippen LogP contribution in [0.1, 0.15) is 24.1 Å². The van der Waals surface area contributed by atoms with Gasteiger partial charge in [-0.3, -0.25) is 14.5 Å². The van der Waals surface area contributed by atoms with E-state index in [0.29, 0.717) is 25.4 Å². The number of amides is 2. The van der Waals surface area contributed by atoms with Crippen LogP contribution >= 0.6 is 0 Å². The van der Waals surface area contributed by atoms with Crippen molar-refractivity contribution in [3.8, 4) is 0 Å². The summed E-state index contributed by atoms with van der Waals surface area (Å²) in [5, 5.41) is 5.48. The number of carbonyl (C=O) groups is 2. The zero-order valence-electron chi connectivity index (χ0n) is 18.6. The smallest absolute Gasteiger partial charge is 0.313 e. The summed E-state index contributed by atoms with van der Waals surface area (Å²) < 4.78 is 5.48. The molecule has 1 heterocycles. The quantitative estimate of drug-likeness (QED) is 0.668. The van der Waals surface area contributed by atoms with Crippen LogP contribution in [0.5, 0.6) is 0 Å². The predicted molar refractivity (Wildman–Crippen MR) is 123 cm³/mol. The number of morpholine rings is 1. The van der Waals surface area contributed by atoms with Crippen molar-refractivity contribution in [3.05, 3.63) is 59.7 Å². The summed E-state index contributed by atoms with van der Waals surface area (Å²) in [7, 11) is 4.01. The molecular formula is C24H32N4O3. The highest BCUT2D eigenvalue weighted by Crippen LogP contribution is 2.24. The Labute approximate surface area is 184 Å². The summed E-state index contributed by atoms with van der Waals surface area (Å²) in [5.41, 5.74) is 4.00. The first-order valence-electron chi connectivity index (χ1n) is 10.7. The molecule has 2 aromatic carbocycles. The first kappa shape index (κ1) is 22.8. The number of nitrogens with zero attached hydrogens (tertiary/aromatic N) is 2. The Bertz CT molecular complexity index is 859. The normalized spacial score (nSPS) is 15.2. The van der Waals surface area contributed by atoms with E-state index in [1.54, 1.807) is 0 Å². The summed E-state index contributed by atoms with van der Waals surface area (Å²) >= 11 is 0. The van der Waals surface area contributed by atoms with Crippen molar-refractivity contribution in [3.63, 3.8) is 0 Å². The maximum Gasteiger partial charge on any atom is 0.313 e. The van der Waals surface area contributed by atoms with Crippen LogP contribution in [0.2, 0.25) is 0 Å². The molecule has 1 atom stereocenters. The molecule has 2 aromatic rings. The van der Waals surface area contributed by atoms with Gasteiger partial charge in [-0.15, -0.1) is 0 Å². The van der Waals surface area contributed by atoms with Gasteiger partial charge < -0.3 is 20.3 Å². The van der Waals surface area contributed by atoms with Crippen LogP contribution in [0.3, 0.4) is 0 Å². The third-order valence-corrected chi connectivity index (χ3v) is 5.56. The lowest BCUT2D eigenvalue weighted by Gasteiger charge is -2.35. The zero-order valence-corrected chi connectivity index (χ0v) is 18.6. The number of anilines is 2. The monoisotopic (exact) mass is 424 g/mol. The number of hydrogen-bond donors (Lipinski definition) is 2. The molecule has 0 aromatic heterocycles. The lowest BCUT2D eigenvalue weighted by molar-refractivity contribution is -0.136. The molecule has 0 unspecified atom stereocenters. The van der Waals surface area contributed by atoms with Crippen molar-refractivity contribution in [1.82, 2.24) is 10.2 Å². The van der Waals surface area contributed by atoms with Gasteiger partial charge >= 0.3 is 11.8 Å². The van der Waals surface area contributed by atoms with Gasteiger partial charge in [0, 0.05) is 45.1 Å². The van der Waals surface area contributed by atoms with Gasteiger partial charge in [0.05, 0.1) is 19.3 Å². The van der Waals surface area contributed by atoms with Crippen molar-refractivity contribution in [1.29, 1.82) is 0 Å². The van der Waals surface area contributed by atoms with Gasteiger partial charge in [-0.05, 0) is 41.8 Å². The minimum Gasteiger partial charge on any atom is -0.379 e. The van der Waals surface area contributed by atoms with Crippen molar-refractivity contribution >= 4 is 23.2 Å². The molecular weight excluding hydrogens is 392 g/mol. The van der Waals surface area contributed by atoms with Crippen LogP contribution in [-0.4, -0.2) is 63.7 Å². The van der Waals surface area contributed by atoms with Crippen molar-refractivity contribution < 1.29 is 14.3 Å². The number of carbonyl (C=O) groups excluding carboxylic acids is 2. The highest BCUT2D eigenvalue weighted by molar-refractivity contribution is 6.39. The second-order valence-corrected chi connectivity index (χ2v) is 7.86. The first-order valence-corrected chi connectivity index (χ1v) is 10.7. The van der Waals surface area contributed by atoms with E-state index in [9.17, 15) is 9.59 Å². The Kier molecular flexibility index (Phi) is 8.03. The van der Waals surface area contributed by atoms with E-state index in [2.05, 4.69) is 46.7 Å². The Hall–Kier alpha value is -2.90. The second kappa shape index (κ2) is 10.9. The molecule has 31 heavy (non-hydrogen) atoms. The van der Waals surface area contributed by atoms with E-state index >= 15 is 0 Å². The van der Waals surface area contributed by atoms with Gasteiger partial charge in [-0.1, -0.05) is 31.2 Å². The third kappa shape index (κ3) is 6.29. The zero-order chi connectivity index (χ0) is 22.2. The molecule has 2 amide bonds. The van der Waals surface area contributed by atoms with Crippen LogP contribution in [0.25, 0.3) is 0 Å². The second-order valence-electron chi connectivity index (χ2n) is 7.86. The molecule has 0 bridgehead atoms. The van der Waals surface area contributed by atoms with E-state index in [4.69, 9.17) is 4.74 Å². The Balaban J connectivity index is 1.64. The van der Waals surface area contributed by atoms with Crippen LogP contribution in [0.15, 0.2) is 48.5 Å². The van der Waals surface area contributed by atoms with Crippen LogP contribution in [-0.2, 0) is 20.7 Å². The van der Waals surface area contributed by atoms with Gasteiger partial charge in [0.15, 0.2) is 0 Å². The van der Waals surface area contributed by atoms with Gasteiger partial charge in [0.2, 0.25) is 0 Å². The summed E-state index contributed by atoms with van der Waals surface area (Å²) in [6, 6.07) is 15.8. The molecule has 0 saturated carbocycles. The summed E-state index contributed by atoms with van der Waals surface area (Å²) in [5.74, 6) is -1.30. The topological polar surface area (TPSA) is 73.9 Å². The molecule has 1 fully saturated rings. The third-order valence-electron chi connectivity index (χ3n) is 5.56. The number of hydrogen-bond acceptors (Lipinski definition) is 5. The van der Waals surface area contributed by atoms with Gasteiger partial charge in [0.1, 0.15) is 0 Å². The average Bonchev–Trinajstić information content (AvgIpc) is 2.80.